The molecule has 0 aliphatic rings. The van der Waals surface area contributed by atoms with Crippen molar-refractivity contribution in [2.24, 2.45) is 0 Å². The largest absolute Gasteiger partial charge is 0.396 e. The van der Waals surface area contributed by atoms with E-state index in [1.807, 2.05) is 6.07 Å². The molecular formula is C7H9N2O. The van der Waals surface area contributed by atoms with Crippen LogP contribution in [0.1, 0.15) is 12.1 Å². The third-order valence-corrected chi connectivity index (χ3v) is 1.18. The number of aliphatic hydroxyl groups is 1. The Hall–Kier alpha value is -0.960. The summed E-state index contributed by atoms with van der Waals surface area (Å²) in [4.78, 5) is 7.52. The maximum absolute atomic E-state index is 8.47. The van der Waals surface area contributed by atoms with Crippen molar-refractivity contribution in [1.29, 1.82) is 0 Å². The minimum atomic E-state index is 0.212. The molecule has 0 fully saturated rings. The zero-order chi connectivity index (χ0) is 7.23. The van der Waals surface area contributed by atoms with Gasteiger partial charge in [0, 0.05) is 18.5 Å². The molecule has 0 saturated carbocycles. The highest BCUT2D eigenvalue weighted by Crippen LogP contribution is 1.94. The molecule has 1 aromatic heterocycles. The van der Waals surface area contributed by atoms with Crippen LogP contribution in [0.3, 0.4) is 0 Å². The van der Waals surface area contributed by atoms with E-state index in [0.29, 0.717) is 0 Å². The lowest BCUT2D eigenvalue weighted by molar-refractivity contribution is 0.288. The normalized spacial score (nSPS) is 9.70. The minimum absolute atomic E-state index is 0.212. The lowest BCUT2D eigenvalue weighted by Gasteiger charge is -1.94. The van der Waals surface area contributed by atoms with Crippen molar-refractivity contribution in [3.05, 3.63) is 24.3 Å². The van der Waals surface area contributed by atoms with Crippen LogP contribution >= 0.6 is 0 Å². The zero-order valence-electron chi connectivity index (χ0n) is 5.62. The zero-order valence-corrected chi connectivity index (χ0v) is 5.62. The van der Waals surface area contributed by atoms with Gasteiger partial charge in [0.15, 0.2) is 6.33 Å². The van der Waals surface area contributed by atoms with Crippen molar-refractivity contribution < 1.29 is 5.11 Å². The Bertz CT molecular complexity index is 176. The summed E-state index contributed by atoms with van der Waals surface area (Å²) < 4.78 is 0. The Labute approximate surface area is 59.8 Å². The average molecular weight is 137 g/mol. The van der Waals surface area contributed by atoms with E-state index < -0.39 is 0 Å². The summed E-state index contributed by atoms with van der Waals surface area (Å²) in [6.45, 7) is 0.212. The summed E-state index contributed by atoms with van der Waals surface area (Å²) in [7, 11) is 0. The molecule has 53 valence electrons. The second kappa shape index (κ2) is 3.95. The Balaban J connectivity index is 2.43. The van der Waals surface area contributed by atoms with Gasteiger partial charge in [0.25, 0.3) is 0 Å². The van der Waals surface area contributed by atoms with Crippen LogP contribution < -0.4 is 0 Å². The van der Waals surface area contributed by atoms with Crippen LogP contribution in [-0.2, 0) is 6.42 Å². The monoisotopic (exact) mass is 137 g/mol. The summed E-state index contributed by atoms with van der Waals surface area (Å²) in [5.41, 5.74) is 0.934. The molecular weight excluding hydrogens is 128 g/mol. The number of aryl methyl sites for hydroxylation is 1. The van der Waals surface area contributed by atoms with Gasteiger partial charge in [-0.05, 0) is 18.9 Å². The Morgan fingerprint density at radius 3 is 3.10 bits per heavy atom. The molecule has 1 rings (SSSR count). The molecule has 0 amide bonds. The summed E-state index contributed by atoms with van der Waals surface area (Å²) in [6, 6.07) is 1.83. The van der Waals surface area contributed by atoms with E-state index in [0.717, 1.165) is 18.5 Å². The van der Waals surface area contributed by atoms with Crippen LogP contribution in [0.25, 0.3) is 0 Å². The molecule has 1 N–H and O–H groups in total. The molecule has 0 atom stereocenters. The van der Waals surface area contributed by atoms with Gasteiger partial charge >= 0.3 is 0 Å². The molecule has 3 nitrogen and oxygen atoms in total. The van der Waals surface area contributed by atoms with E-state index in [1.54, 1.807) is 6.20 Å². The van der Waals surface area contributed by atoms with Crippen molar-refractivity contribution in [1.82, 2.24) is 9.97 Å². The number of hydrogen-bond donors (Lipinski definition) is 1. The first-order valence-corrected chi connectivity index (χ1v) is 3.22. The van der Waals surface area contributed by atoms with E-state index >= 15 is 0 Å². The first-order valence-electron chi connectivity index (χ1n) is 3.22. The van der Waals surface area contributed by atoms with Gasteiger partial charge in [0.05, 0.1) is 0 Å². The molecule has 1 aromatic rings. The van der Waals surface area contributed by atoms with Gasteiger partial charge in [0.1, 0.15) is 0 Å². The standard InChI is InChI=1S/C7H9N2O/c10-5-1-2-7-3-4-8-6-9-7/h3-4,10H,1-2,5H2. The van der Waals surface area contributed by atoms with Crippen LogP contribution in [0, 0.1) is 6.33 Å². The summed E-state index contributed by atoms with van der Waals surface area (Å²) in [5.74, 6) is 0. The van der Waals surface area contributed by atoms with E-state index in [9.17, 15) is 0 Å². The third-order valence-electron chi connectivity index (χ3n) is 1.18. The topological polar surface area (TPSA) is 46.0 Å². The maximum atomic E-state index is 8.47. The maximum Gasteiger partial charge on any atom is 0.197 e. The Morgan fingerprint density at radius 2 is 2.50 bits per heavy atom. The van der Waals surface area contributed by atoms with Crippen molar-refractivity contribution in [2.75, 3.05) is 6.61 Å². The van der Waals surface area contributed by atoms with Crippen LogP contribution in [0.5, 0.6) is 0 Å². The molecule has 1 radical (unpaired) electrons. The number of hydrogen-bond acceptors (Lipinski definition) is 3. The Kier molecular flexibility index (Phi) is 2.83. The van der Waals surface area contributed by atoms with E-state index in [1.165, 1.54) is 0 Å². The number of aromatic nitrogens is 2. The molecule has 0 unspecified atom stereocenters. The molecule has 0 spiro atoms. The molecule has 0 aliphatic carbocycles. The molecule has 0 saturated heterocycles. The van der Waals surface area contributed by atoms with Gasteiger partial charge in [-0.15, -0.1) is 0 Å². The molecule has 10 heavy (non-hydrogen) atoms. The van der Waals surface area contributed by atoms with Crippen LogP contribution in [0.2, 0.25) is 0 Å². The molecule has 0 bridgehead atoms. The third kappa shape index (κ3) is 2.11. The number of aliphatic hydroxyl groups excluding tert-OH is 1. The fraction of sp³-hybridized carbons (Fsp3) is 0.429. The second-order valence-corrected chi connectivity index (χ2v) is 1.98. The van der Waals surface area contributed by atoms with Crippen LogP contribution in [0.15, 0.2) is 12.3 Å². The average Bonchev–Trinajstić information content (AvgIpc) is 2.03. The van der Waals surface area contributed by atoms with Crippen molar-refractivity contribution in [2.45, 2.75) is 12.8 Å². The highest BCUT2D eigenvalue weighted by atomic mass is 16.2. The Morgan fingerprint density at radius 1 is 1.60 bits per heavy atom. The summed E-state index contributed by atoms with van der Waals surface area (Å²) in [5, 5.41) is 8.47. The van der Waals surface area contributed by atoms with Gasteiger partial charge in [-0.3, -0.25) is 0 Å². The molecule has 0 aliphatic heterocycles. The SMILES string of the molecule is OCCCc1ccn[c]n1. The van der Waals surface area contributed by atoms with Crippen molar-refractivity contribution in [3.63, 3.8) is 0 Å². The lowest BCUT2D eigenvalue weighted by Crippen LogP contribution is -1.92. The first kappa shape index (κ1) is 7.15. The fourth-order valence-electron chi connectivity index (χ4n) is 0.686. The smallest absolute Gasteiger partial charge is 0.197 e. The van der Waals surface area contributed by atoms with Gasteiger partial charge in [-0.2, -0.15) is 0 Å². The van der Waals surface area contributed by atoms with Crippen LogP contribution in [0.4, 0.5) is 0 Å². The van der Waals surface area contributed by atoms with Crippen molar-refractivity contribution >= 4 is 0 Å². The highest BCUT2D eigenvalue weighted by molar-refractivity contribution is 4.96. The minimum Gasteiger partial charge on any atom is -0.396 e. The van der Waals surface area contributed by atoms with Crippen molar-refractivity contribution in [3.8, 4) is 0 Å². The highest BCUT2D eigenvalue weighted by Gasteiger charge is 1.90. The molecule has 1 heterocycles. The van der Waals surface area contributed by atoms with Gasteiger partial charge in [-0.1, -0.05) is 0 Å². The second-order valence-electron chi connectivity index (χ2n) is 1.98. The first-order chi connectivity index (χ1) is 4.93. The fourth-order valence-corrected chi connectivity index (χ4v) is 0.686. The lowest BCUT2D eigenvalue weighted by atomic mass is 10.2. The summed E-state index contributed by atoms with van der Waals surface area (Å²) in [6.07, 6.45) is 5.70. The van der Waals surface area contributed by atoms with E-state index in [2.05, 4.69) is 16.3 Å². The number of rotatable bonds is 3. The number of nitrogens with zero attached hydrogens (tertiary/aromatic N) is 2. The predicted molar refractivity (Wildman–Crippen MR) is 36.3 cm³/mol. The molecule has 3 heteroatoms. The van der Waals surface area contributed by atoms with Crippen LogP contribution in [-0.4, -0.2) is 21.7 Å². The van der Waals surface area contributed by atoms with Gasteiger partial charge in [-0.25, -0.2) is 9.97 Å². The predicted octanol–water partition coefficient (Wildman–Crippen LogP) is 0.202. The van der Waals surface area contributed by atoms with E-state index in [-0.39, 0.29) is 6.61 Å². The summed E-state index contributed by atoms with van der Waals surface area (Å²) >= 11 is 0. The molecule has 0 aromatic carbocycles. The van der Waals surface area contributed by atoms with E-state index in [4.69, 9.17) is 5.11 Å². The van der Waals surface area contributed by atoms with Gasteiger partial charge < -0.3 is 5.11 Å². The quantitative estimate of drug-likeness (QED) is 0.647. The van der Waals surface area contributed by atoms with Gasteiger partial charge in [0.2, 0.25) is 0 Å².